The quantitative estimate of drug-likeness (QED) is 0.616. The molecule has 2 N–H and O–H groups in total. The fourth-order valence-electron chi connectivity index (χ4n) is 3.86. The van der Waals surface area contributed by atoms with Gasteiger partial charge in [0.25, 0.3) is 11.8 Å². The number of nitrogens with zero attached hydrogens (tertiary/aromatic N) is 4. The first-order valence-corrected chi connectivity index (χ1v) is 10.5. The Kier molecular flexibility index (Phi) is 6.16. The van der Waals surface area contributed by atoms with Crippen molar-refractivity contribution in [3.05, 3.63) is 70.6 Å². The molecule has 1 atom stereocenters. The van der Waals surface area contributed by atoms with Crippen LogP contribution in [0.2, 0.25) is 0 Å². The second-order valence-corrected chi connectivity index (χ2v) is 7.91. The molecule has 0 saturated carbocycles. The second-order valence-electron chi connectivity index (χ2n) is 7.91. The van der Waals surface area contributed by atoms with Crippen molar-refractivity contribution in [2.75, 3.05) is 20.2 Å². The van der Waals surface area contributed by atoms with Gasteiger partial charge >= 0.3 is 0 Å². The first-order valence-electron chi connectivity index (χ1n) is 10.5. The number of methoxy groups -OCH3 is 1. The molecule has 3 aromatic rings. The number of likely N-dealkylation sites (tertiary alicyclic amines) is 1. The summed E-state index contributed by atoms with van der Waals surface area (Å²) in [5.74, 6) is 1.18. The molecule has 2 amide bonds. The summed E-state index contributed by atoms with van der Waals surface area (Å²) >= 11 is 0. The van der Waals surface area contributed by atoms with Gasteiger partial charge in [0.1, 0.15) is 11.6 Å². The van der Waals surface area contributed by atoms with Crippen LogP contribution in [0.1, 0.15) is 55.8 Å². The highest BCUT2D eigenvalue weighted by atomic mass is 16.5. The Bertz CT molecular complexity index is 1140. The molecular formula is C23H26N6O3. The van der Waals surface area contributed by atoms with E-state index >= 15 is 0 Å². The third-order valence-electron chi connectivity index (χ3n) is 5.73. The predicted molar refractivity (Wildman–Crippen MR) is 118 cm³/mol. The van der Waals surface area contributed by atoms with Gasteiger partial charge in [-0.2, -0.15) is 5.10 Å². The van der Waals surface area contributed by atoms with Crippen LogP contribution in [-0.4, -0.2) is 57.1 Å². The van der Waals surface area contributed by atoms with Crippen molar-refractivity contribution in [3.63, 3.8) is 0 Å². The molecule has 1 aromatic carbocycles. The van der Waals surface area contributed by atoms with Gasteiger partial charge in [-0.1, -0.05) is 12.1 Å². The summed E-state index contributed by atoms with van der Waals surface area (Å²) in [6.07, 6.45) is 3.91. The number of aromatic amines is 1. The minimum Gasteiger partial charge on any atom is -0.497 e. The molecule has 0 bridgehead atoms. The standard InChI is InChI=1S/C23H26N6O3/c1-14-19(22(30)25-10-16-5-4-6-18(9-16)32-3)11-24-21(27-14)17-7-8-29(13-17)23(31)20-12-26-28-15(20)2/h4-6,9,11-12,17H,7-8,10,13H2,1-3H3,(H,25,30)(H,26,28). The number of hydrogen-bond donors (Lipinski definition) is 2. The Morgan fingerprint density at radius 1 is 1.25 bits per heavy atom. The Balaban J connectivity index is 1.39. The molecule has 1 saturated heterocycles. The van der Waals surface area contributed by atoms with Crippen LogP contribution in [-0.2, 0) is 6.54 Å². The zero-order valence-corrected chi connectivity index (χ0v) is 18.4. The van der Waals surface area contributed by atoms with Gasteiger partial charge in [0.15, 0.2) is 0 Å². The summed E-state index contributed by atoms with van der Waals surface area (Å²) in [4.78, 5) is 36.2. The van der Waals surface area contributed by atoms with Gasteiger partial charge in [-0.3, -0.25) is 14.7 Å². The van der Waals surface area contributed by atoms with Crippen LogP contribution < -0.4 is 10.1 Å². The smallest absolute Gasteiger partial charge is 0.257 e. The number of benzene rings is 1. The monoisotopic (exact) mass is 434 g/mol. The van der Waals surface area contributed by atoms with Crippen molar-refractivity contribution in [2.24, 2.45) is 0 Å². The number of carbonyl (C=O) groups is 2. The molecule has 0 aliphatic carbocycles. The molecule has 1 aliphatic heterocycles. The van der Waals surface area contributed by atoms with Crippen LogP contribution >= 0.6 is 0 Å². The van der Waals surface area contributed by atoms with Crippen molar-refractivity contribution in [3.8, 4) is 5.75 Å². The van der Waals surface area contributed by atoms with E-state index in [1.807, 2.05) is 31.2 Å². The largest absolute Gasteiger partial charge is 0.497 e. The average Bonchev–Trinajstić information content (AvgIpc) is 3.46. The van der Waals surface area contributed by atoms with E-state index in [0.29, 0.717) is 42.3 Å². The van der Waals surface area contributed by atoms with E-state index in [1.54, 1.807) is 31.3 Å². The van der Waals surface area contributed by atoms with Crippen LogP contribution in [0.3, 0.4) is 0 Å². The minimum absolute atomic E-state index is 0.0380. The summed E-state index contributed by atoms with van der Waals surface area (Å²) in [6, 6.07) is 7.54. The highest BCUT2D eigenvalue weighted by Gasteiger charge is 2.31. The summed E-state index contributed by atoms with van der Waals surface area (Å²) < 4.78 is 5.21. The van der Waals surface area contributed by atoms with Gasteiger partial charge in [0.05, 0.1) is 30.1 Å². The number of ether oxygens (including phenoxy) is 1. The highest BCUT2D eigenvalue weighted by molar-refractivity contribution is 5.95. The number of rotatable bonds is 6. The fourth-order valence-corrected chi connectivity index (χ4v) is 3.86. The first-order chi connectivity index (χ1) is 15.5. The molecule has 1 aliphatic rings. The average molecular weight is 435 g/mol. The number of amides is 2. The lowest BCUT2D eigenvalue weighted by Gasteiger charge is -2.16. The van der Waals surface area contributed by atoms with Gasteiger partial charge < -0.3 is 15.0 Å². The predicted octanol–water partition coefficient (Wildman–Crippen LogP) is 2.38. The van der Waals surface area contributed by atoms with Gasteiger partial charge in [-0.05, 0) is 38.0 Å². The van der Waals surface area contributed by atoms with Gasteiger partial charge in [-0.15, -0.1) is 0 Å². The molecule has 9 heteroatoms. The third-order valence-corrected chi connectivity index (χ3v) is 5.73. The van der Waals surface area contributed by atoms with E-state index in [1.165, 1.54) is 0 Å². The molecule has 1 unspecified atom stereocenters. The van der Waals surface area contributed by atoms with Gasteiger partial charge in [0.2, 0.25) is 0 Å². The maximum absolute atomic E-state index is 12.7. The normalized spacial score (nSPS) is 15.6. The van der Waals surface area contributed by atoms with E-state index in [-0.39, 0.29) is 17.7 Å². The maximum Gasteiger partial charge on any atom is 0.257 e. The molecule has 0 spiro atoms. The lowest BCUT2D eigenvalue weighted by molar-refractivity contribution is 0.0789. The Labute approximate surface area is 186 Å². The van der Waals surface area contributed by atoms with Crippen LogP contribution in [0.25, 0.3) is 0 Å². The van der Waals surface area contributed by atoms with Crippen molar-refractivity contribution >= 4 is 11.8 Å². The molecule has 1 fully saturated rings. The minimum atomic E-state index is -0.226. The maximum atomic E-state index is 12.7. The fraction of sp³-hybridized carbons (Fsp3) is 0.348. The number of nitrogens with one attached hydrogen (secondary N) is 2. The number of H-pyrrole nitrogens is 1. The molecule has 4 rings (SSSR count). The first kappa shape index (κ1) is 21.5. The third kappa shape index (κ3) is 4.46. The lowest BCUT2D eigenvalue weighted by atomic mass is 10.1. The molecular weight excluding hydrogens is 408 g/mol. The second kappa shape index (κ2) is 9.17. The molecule has 0 radical (unpaired) electrons. The number of carbonyl (C=O) groups excluding carboxylic acids is 2. The highest BCUT2D eigenvalue weighted by Crippen LogP contribution is 2.26. The molecule has 3 heterocycles. The number of aromatic nitrogens is 4. The van der Waals surface area contributed by atoms with Crippen LogP contribution in [0, 0.1) is 13.8 Å². The Hall–Kier alpha value is -3.75. The number of aryl methyl sites for hydroxylation is 2. The summed E-state index contributed by atoms with van der Waals surface area (Å²) in [5.41, 5.74) is 3.35. The van der Waals surface area contributed by atoms with E-state index in [2.05, 4.69) is 25.5 Å². The van der Waals surface area contributed by atoms with E-state index in [9.17, 15) is 9.59 Å². The molecule has 2 aromatic heterocycles. The van der Waals surface area contributed by atoms with Crippen molar-refractivity contribution in [2.45, 2.75) is 32.7 Å². The SMILES string of the molecule is COc1cccc(CNC(=O)c2cnc(C3CCN(C(=O)c4cn[nH]c4C)C3)nc2C)c1. The summed E-state index contributed by atoms with van der Waals surface area (Å²) in [7, 11) is 1.61. The summed E-state index contributed by atoms with van der Waals surface area (Å²) in [5, 5.41) is 9.63. The van der Waals surface area contributed by atoms with Crippen molar-refractivity contribution in [1.82, 2.24) is 30.4 Å². The van der Waals surface area contributed by atoms with Gasteiger partial charge in [-0.25, -0.2) is 9.97 Å². The molecule has 166 valence electrons. The zero-order valence-electron chi connectivity index (χ0n) is 18.4. The zero-order chi connectivity index (χ0) is 22.7. The Morgan fingerprint density at radius 2 is 2.09 bits per heavy atom. The van der Waals surface area contributed by atoms with Crippen LogP contribution in [0.15, 0.2) is 36.7 Å². The van der Waals surface area contributed by atoms with Crippen LogP contribution in [0.5, 0.6) is 5.75 Å². The Morgan fingerprint density at radius 3 is 2.81 bits per heavy atom. The van der Waals surface area contributed by atoms with E-state index in [4.69, 9.17) is 4.74 Å². The van der Waals surface area contributed by atoms with E-state index < -0.39 is 0 Å². The molecule has 32 heavy (non-hydrogen) atoms. The topological polar surface area (TPSA) is 113 Å². The number of hydrogen-bond acceptors (Lipinski definition) is 6. The van der Waals surface area contributed by atoms with Crippen molar-refractivity contribution in [1.29, 1.82) is 0 Å². The van der Waals surface area contributed by atoms with Gasteiger partial charge in [0, 0.05) is 37.4 Å². The van der Waals surface area contributed by atoms with Crippen molar-refractivity contribution < 1.29 is 14.3 Å². The molecule has 9 nitrogen and oxygen atoms in total. The van der Waals surface area contributed by atoms with Crippen LogP contribution in [0.4, 0.5) is 0 Å². The summed E-state index contributed by atoms with van der Waals surface area (Å²) in [6.45, 7) is 5.20. The van der Waals surface area contributed by atoms with E-state index in [0.717, 1.165) is 23.4 Å². The lowest BCUT2D eigenvalue weighted by Crippen LogP contribution is -2.29.